The molecule has 3 nitrogen and oxygen atoms in total. The van der Waals surface area contributed by atoms with Crippen molar-refractivity contribution < 1.29 is 10.0 Å². The third-order valence-corrected chi connectivity index (χ3v) is 5.07. The number of hydroxylamine groups is 2. The Hall–Kier alpha value is -0.830. The first-order valence-electron chi connectivity index (χ1n) is 7.56. The average molecular weight is 265 g/mol. The van der Waals surface area contributed by atoms with Gasteiger partial charge in [-0.25, -0.2) is 5.06 Å². The number of carbonyl (C=O) groups is 1. The molecule has 2 aliphatic rings. The molecule has 2 bridgehead atoms. The maximum absolute atomic E-state index is 12.0. The molecule has 108 valence electrons. The Morgan fingerprint density at radius 2 is 2.11 bits per heavy atom. The Morgan fingerprint density at radius 1 is 1.37 bits per heavy atom. The number of rotatable bonds is 1. The zero-order valence-corrected chi connectivity index (χ0v) is 12.5. The van der Waals surface area contributed by atoms with Crippen molar-refractivity contribution in [3.63, 3.8) is 0 Å². The molecule has 2 atom stereocenters. The molecule has 0 heterocycles. The Morgan fingerprint density at radius 3 is 2.79 bits per heavy atom. The van der Waals surface area contributed by atoms with Crippen LogP contribution in [0.4, 0.5) is 0 Å². The second-order valence-electron chi connectivity index (χ2n) is 7.03. The molecule has 0 radical (unpaired) electrons. The molecule has 0 aromatic carbocycles. The van der Waals surface area contributed by atoms with Crippen molar-refractivity contribution in [1.82, 2.24) is 5.06 Å². The molecule has 2 unspecified atom stereocenters. The third kappa shape index (κ3) is 3.38. The Labute approximate surface area is 116 Å². The molecule has 0 spiro atoms. The Bertz CT molecular complexity index is 371. The van der Waals surface area contributed by atoms with Gasteiger partial charge in [-0.2, -0.15) is 0 Å². The van der Waals surface area contributed by atoms with Gasteiger partial charge in [0.1, 0.15) is 0 Å². The van der Waals surface area contributed by atoms with Gasteiger partial charge in [-0.05, 0) is 49.4 Å². The molecule has 1 saturated carbocycles. The van der Waals surface area contributed by atoms with Crippen LogP contribution in [-0.2, 0) is 4.79 Å². The van der Waals surface area contributed by atoms with Crippen LogP contribution in [0.25, 0.3) is 0 Å². The molecule has 2 aliphatic carbocycles. The van der Waals surface area contributed by atoms with Crippen LogP contribution < -0.4 is 0 Å². The fraction of sp³-hybridized carbons (Fsp3) is 0.812. The number of carbonyl (C=O) groups excluding carboxylic acids is 1. The van der Waals surface area contributed by atoms with E-state index in [1.54, 1.807) is 0 Å². The fourth-order valence-corrected chi connectivity index (χ4v) is 4.00. The highest BCUT2D eigenvalue weighted by Gasteiger charge is 2.35. The van der Waals surface area contributed by atoms with Crippen molar-refractivity contribution in [3.8, 4) is 0 Å². The van der Waals surface area contributed by atoms with Gasteiger partial charge in [0.2, 0.25) is 0 Å². The van der Waals surface area contributed by atoms with Crippen molar-refractivity contribution in [2.45, 2.75) is 58.8 Å². The topological polar surface area (TPSA) is 40.5 Å². The van der Waals surface area contributed by atoms with E-state index in [0.717, 1.165) is 29.4 Å². The number of hydrogen-bond acceptors (Lipinski definition) is 2. The van der Waals surface area contributed by atoms with Crippen molar-refractivity contribution >= 4 is 5.91 Å². The van der Waals surface area contributed by atoms with E-state index in [1.165, 1.54) is 39.2 Å². The van der Waals surface area contributed by atoms with Gasteiger partial charge in [-0.3, -0.25) is 10.0 Å². The fourth-order valence-electron chi connectivity index (χ4n) is 4.00. The molecule has 0 saturated heterocycles. The molecule has 0 aromatic rings. The SMILES string of the molecule is CN(O)C(=O)/C1=C/CCC2CCCC(C1)CC2(C)C. The highest BCUT2D eigenvalue weighted by atomic mass is 16.5. The summed E-state index contributed by atoms with van der Waals surface area (Å²) >= 11 is 0. The smallest absolute Gasteiger partial charge is 0.272 e. The molecule has 3 heteroatoms. The van der Waals surface area contributed by atoms with Gasteiger partial charge in [0.05, 0.1) is 0 Å². The molecule has 1 N–H and O–H groups in total. The van der Waals surface area contributed by atoms with Crippen LogP contribution in [0.3, 0.4) is 0 Å². The Balaban J connectivity index is 2.21. The van der Waals surface area contributed by atoms with Crippen molar-refractivity contribution in [2.24, 2.45) is 17.3 Å². The van der Waals surface area contributed by atoms with Crippen LogP contribution in [0.1, 0.15) is 58.8 Å². The van der Waals surface area contributed by atoms with Gasteiger partial charge in [-0.1, -0.05) is 32.8 Å². The molecule has 2 rings (SSSR count). The molecule has 0 aromatic heterocycles. The standard InChI is InChI=1S/C16H27NO2/c1-16(2)11-12-6-4-8-14(16)9-5-7-13(10-12)15(18)17(3)19/h7,12,14,19H,4-6,8-11H2,1-3H3/b13-7+. The van der Waals surface area contributed by atoms with E-state index in [2.05, 4.69) is 19.9 Å². The van der Waals surface area contributed by atoms with Crippen LogP contribution in [-0.4, -0.2) is 23.2 Å². The summed E-state index contributed by atoms with van der Waals surface area (Å²) in [6.07, 6.45) is 10.1. The van der Waals surface area contributed by atoms with Gasteiger partial charge in [0.15, 0.2) is 0 Å². The highest BCUT2D eigenvalue weighted by Crippen LogP contribution is 2.46. The first kappa shape index (κ1) is 14.6. The first-order chi connectivity index (χ1) is 8.90. The van der Waals surface area contributed by atoms with E-state index < -0.39 is 0 Å². The molecular weight excluding hydrogens is 238 g/mol. The minimum Gasteiger partial charge on any atom is -0.286 e. The van der Waals surface area contributed by atoms with Crippen molar-refractivity contribution in [3.05, 3.63) is 11.6 Å². The second-order valence-corrected chi connectivity index (χ2v) is 7.03. The maximum Gasteiger partial charge on any atom is 0.272 e. The summed E-state index contributed by atoms with van der Waals surface area (Å²) in [5.74, 6) is 1.14. The van der Waals surface area contributed by atoms with Crippen LogP contribution >= 0.6 is 0 Å². The second kappa shape index (κ2) is 5.66. The van der Waals surface area contributed by atoms with E-state index in [4.69, 9.17) is 0 Å². The predicted molar refractivity (Wildman–Crippen MR) is 75.7 cm³/mol. The first-order valence-corrected chi connectivity index (χ1v) is 7.56. The summed E-state index contributed by atoms with van der Waals surface area (Å²) in [6.45, 7) is 4.78. The molecule has 1 amide bonds. The number of fused-ring (bicyclic) bond motifs is 3. The summed E-state index contributed by atoms with van der Waals surface area (Å²) < 4.78 is 0. The van der Waals surface area contributed by atoms with E-state index >= 15 is 0 Å². The van der Waals surface area contributed by atoms with E-state index in [1.807, 2.05) is 0 Å². The lowest BCUT2D eigenvalue weighted by molar-refractivity contribution is -0.154. The van der Waals surface area contributed by atoms with Crippen molar-refractivity contribution in [1.29, 1.82) is 0 Å². The lowest BCUT2D eigenvalue weighted by atomic mass is 9.71. The summed E-state index contributed by atoms with van der Waals surface area (Å²) in [7, 11) is 1.42. The van der Waals surface area contributed by atoms with Gasteiger partial charge < -0.3 is 0 Å². The molecule has 19 heavy (non-hydrogen) atoms. The van der Waals surface area contributed by atoms with E-state index in [0.29, 0.717) is 11.3 Å². The number of likely N-dealkylation sites (N-methyl/N-ethyl adjacent to an activating group) is 1. The number of nitrogens with zero attached hydrogens (tertiary/aromatic N) is 1. The molecule has 1 fully saturated rings. The quantitative estimate of drug-likeness (QED) is 0.579. The van der Waals surface area contributed by atoms with Crippen LogP contribution in [0.5, 0.6) is 0 Å². The lowest BCUT2D eigenvalue weighted by Crippen LogP contribution is -2.26. The number of hydrogen-bond donors (Lipinski definition) is 1. The minimum absolute atomic E-state index is 0.221. The van der Waals surface area contributed by atoms with Gasteiger partial charge in [0, 0.05) is 12.6 Å². The normalized spacial score (nSPS) is 33.4. The minimum atomic E-state index is -0.221. The highest BCUT2D eigenvalue weighted by molar-refractivity contribution is 5.92. The number of amides is 1. The molecular formula is C16H27NO2. The monoisotopic (exact) mass is 265 g/mol. The van der Waals surface area contributed by atoms with E-state index in [9.17, 15) is 10.0 Å². The average Bonchev–Trinajstić information content (AvgIpc) is 2.43. The third-order valence-electron chi connectivity index (χ3n) is 5.07. The van der Waals surface area contributed by atoms with Crippen LogP contribution in [0, 0.1) is 17.3 Å². The van der Waals surface area contributed by atoms with Gasteiger partial charge in [-0.15, -0.1) is 0 Å². The van der Waals surface area contributed by atoms with Crippen molar-refractivity contribution in [2.75, 3.05) is 7.05 Å². The number of allylic oxidation sites excluding steroid dienone is 1. The largest absolute Gasteiger partial charge is 0.286 e. The summed E-state index contributed by atoms with van der Waals surface area (Å²) in [6, 6.07) is 0. The zero-order valence-electron chi connectivity index (χ0n) is 12.5. The lowest BCUT2D eigenvalue weighted by Gasteiger charge is -2.34. The summed E-state index contributed by atoms with van der Waals surface area (Å²) in [5, 5.41) is 10.1. The zero-order chi connectivity index (χ0) is 14.0. The summed E-state index contributed by atoms with van der Waals surface area (Å²) in [5.41, 5.74) is 1.20. The summed E-state index contributed by atoms with van der Waals surface area (Å²) in [4.78, 5) is 12.0. The van der Waals surface area contributed by atoms with Crippen LogP contribution in [0.15, 0.2) is 11.6 Å². The maximum atomic E-state index is 12.0. The van der Waals surface area contributed by atoms with Gasteiger partial charge in [0.25, 0.3) is 5.91 Å². The van der Waals surface area contributed by atoms with Gasteiger partial charge >= 0.3 is 0 Å². The molecule has 0 aliphatic heterocycles. The predicted octanol–water partition coefficient (Wildman–Crippen LogP) is 3.78. The van der Waals surface area contributed by atoms with E-state index in [-0.39, 0.29) is 5.91 Å². The van der Waals surface area contributed by atoms with Crippen LogP contribution in [0.2, 0.25) is 0 Å². The Kier molecular flexibility index (Phi) is 4.34.